The molecule has 6 nitrogen and oxygen atoms in total. The number of anilines is 1. The van der Waals surface area contributed by atoms with Crippen LogP contribution in [0.5, 0.6) is 0 Å². The SMILES string of the molecule is N#CC(=Cc1cccn1-c1cc(C(F)(F)F)ccc1Cl)C(=O)Nc1nnc(Cc2cccs2)s1. The highest BCUT2D eigenvalue weighted by molar-refractivity contribution is 7.15. The van der Waals surface area contributed by atoms with Gasteiger partial charge in [-0.2, -0.15) is 18.4 Å². The molecule has 12 heteroatoms. The first-order valence-electron chi connectivity index (χ1n) is 9.57. The second-order valence-corrected chi connectivity index (χ2v) is 9.35. The lowest BCUT2D eigenvalue weighted by molar-refractivity contribution is -0.137. The van der Waals surface area contributed by atoms with Gasteiger partial charge in [-0.05, 0) is 47.9 Å². The Morgan fingerprint density at radius 1 is 1.24 bits per heavy atom. The summed E-state index contributed by atoms with van der Waals surface area (Å²) in [5.41, 5.74) is -0.780. The first-order chi connectivity index (χ1) is 16.2. The fourth-order valence-electron chi connectivity index (χ4n) is 3.00. The molecule has 0 radical (unpaired) electrons. The van der Waals surface area contributed by atoms with Crippen LogP contribution in [0.15, 0.2) is 59.6 Å². The molecule has 0 saturated heterocycles. The summed E-state index contributed by atoms with van der Waals surface area (Å²) in [6.45, 7) is 0. The molecule has 0 bridgehead atoms. The van der Waals surface area contributed by atoms with Crippen LogP contribution in [0.4, 0.5) is 18.3 Å². The zero-order valence-corrected chi connectivity index (χ0v) is 19.4. The lowest BCUT2D eigenvalue weighted by Crippen LogP contribution is -2.13. The number of carbonyl (C=O) groups is 1. The number of alkyl halides is 3. The molecular weight excluding hydrogens is 507 g/mol. The number of benzene rings is 1. The number of aromatic nitrogens is 3. The largest absolute Gasteiger partial charge is 0.416 e. The van der Waals surface area contributed by atoms with Gasteiger partial charge in [0.05, 0.1) is 16.3 Å². The van der Waals surface area contributed by atoms with Gasteiger partial charge in [-0.1, -0.05) is 29.0 Å². The van der Waals surface area contributed by atoms with Crippen LogP contribution in [0.1, 0.15) is 21.1 Å². The van der Waals surface area contributed by atoms with Gasteiger partial charge in [0, 0.05) is 23.2 Å². The molecule has 34 heavy (non-hydrogen) atoms. The number of hydrogen-bond donors (Lipinski definition) is 1. The molecule has 0 saturated carbocycles. The molecule has 0 unspecified atom stereocenters. The summed E-state index contributed by atoms with van der Waals surface area (Å²) in [5, 5.41) is 23.0. The average Bonchev–Trinajstić information content (AvgIpc) is 3.55. The third-order valence-corrected chi connectivity index (χ3v) is 6.60. The average molecular weight is 520 g/mol. The number of amides is 1. The van der Waals surface area contributed by atoms with Crippen molar-refractivity contribution in [2.75, 3.05) is 5.32 Å². The predicted molar refractivity (Wildman–Crippen MR) is 125 cm³/mol. The van der Waals surface area contributed by atoms with Crippen molar-refractivity contribution in [2.24, 2.45) is 0 Å². The molecule has 0 aliphatic carbocycles. The van der Waals surface area contributed by atoms with E-state index in [-0.39, 0.29) is 21.4 Å². The Bertz CT molecular complexity index is 1400. The maximum atomic E-state index is 13.2. The summed E-state index contributed by atoms with van der Waals surface area (Å²) >= 11 is 8.90. The maximum absolute atomic E-state index is 13.2. The molecule has 1 amide bonds. The Kier molecular flexibility index (Phi) is 6.83. The van der Waals surface area contributed by atoms with E-state index in [2.05, 4.69) is 15.5 Å². The lowest BCUT2D eigenvalue weighted by atomic mass is 10.1. The van der Waals surface area contributed by atoms with Crippen molar-refractivity contribution in [3.63, 3.8) is 0 Å². The predicted octanol–water partition coefficient (Wildman–Crippen LogP) is 6.20. The number of nitrogens with zero attached hydrogens (tertiary/aromatic N) is 4. The second-order valence-electron chi connectivity index (χ2n) is 6.85. The number of halogens is 4. The van der Waals surface area contributed by atoms with E-state index >= 15 is 0 Å². The van der Waals surface area contributed by atoms with Gasteiger partial charge in [0.2, 0.25) is 5.13 Å². The van der Waals surface area contributed by atoms with Crippen molar-refractivity contribution in [1.29, 1.82) is 5.26 Å². The third-order valence-electron chi connectivity index (χ3n) is 4.56. The highest BCUT2D eigenvalue weighted by atomic mass is 35.5. The van der Waals surface area contributed by atoms with Crippen molar-refractivity contribution in [1.82, 2.24) is 14.8 Å². The van der Waals surface area contributed by atoms with Crippen molar-refractivity contribution in [2.45, 2.75) is 12.6 Å². The topological polar surface area (TPSA) is 83.6 Å². The molecular formula is C22H13ClF3N5OS2. The molecule has 1 N–H and O–H groups in total. The van der Waals surface area contributed by atoms with Gasteiger partial charge in [0.25, 0.3) is 5.91 Å². The number of thiophene rings is 1. The highest BCUT2D eigenvalue weighted by Crippen LogP contribution is 2.34. The van der Waals surface area contributed by atoms with Crippen LogP contribution in [0, 0.1) is 11.3 Å². The van der Waals surface area contributed by atoms with E-state index in [9.17, 15) is 23.2 Å². The molecule has 172 valence electrons. The van der Waals surface area contributed by atoms with Crippen molar-refractivity contribution in [3.8, 4) is 11.8 Å². The minimum atomic E-state index is -4.55. The van der Waals surface area contributed by atoms with Crippen molar-refractivity contribution in [3.05, 3.63) is 85.8 Å². The Labute approximate surface area is 204 Å². The van der Waals surface area contributed by atoms with E-state index < -0.39 is 17.6 Å². The van der Waals surface area contributed by atoms with Crippen LogP contribution in [-0.2, 0) is 17.4 Å². The standard InChI is InChI=1S/C22H13ClF3N5OS2/c23-17-6-5-14(22(24,25)26)10-18(17)31-7-1-3-15(31)9-13(12-27)20(32)28-21-30-29-19(34-21)11-16-4-2-8-33-16/h1-10H,11H2,(H,28,30,32). The fourth-order valence-corrected chi connectivity index (χ4v) is 4.77. The van der Waals surface area contributed by atoms with Crippen LogP contribution >= 0.6 is 34.3 Å². The Morgan fingerprint density at radius 3 is 2.76 bits per heavy atom. The van der Waals surface area contributed by atoms with Crippen LogP contribution < -0.4 is 5.32 Å². The highest BCUT2D eigenvalue weighted by Gasteiger charge is 2.31. The summed E-state index contributed by atoms with van der Waals surface area (Å²) in [7, 11) is 0. The molecule has 4 rings (SSSR count). The molecule has 1 aromatic carbocycles. The number of nitriles is 1. The summed E-state index contributed by atoms with van der Waals surface area (Å²) in [5.74, 6) is -0.718. The summed E-state index contributed by atoms with van der Waals surface area (Å²) in [6.07, 6.45) is -1.22. The number of nitrogens with one attached hydrogen (secondary N) is 1. The Hall–Kier alpha value is -3.46. The van der Waals surface area contributed by atoms with Gasteiger partial charge in [-0.25, -0.2) is 0 Å². The second kappa shape index (κ2) is 9.80. The quantitative estimate of drug-likeness (QED) is 0.243. The minimum Gasteiger partial charge on any atom is -0.316 e. The molecule has 3 aromatic heterocycles. The molecule has 0 spiro atoms. The minimum absolute atomic E-state index is 0.0628. The van der Waals surface area contributed by atoms with E-state index in [0.717, 1.165) is 23.1 Å². The van der Waals surface area contributed by atoms with Crippen LogP contribution in [0.25, 0.3) is 11.8 Å². The monoisotopic (exact) mass is 519 g/mol. The molecule has 4 aromatic rings. The van der Waals surface area contributed by atoms with E-state index in [0.29, 0.717) is 17.1 Å². The third kappa shape index (κ3) is 5.36. The van der Waals surface area contributed by atoms with E-state index in [1.165, 1.54) is 28.2 Å². The summed E-state index contributed by atoms with van der Waals surface area (Å²) in [6, 6.07) is 11.8. The number of carbonyl (C=O) groups excluding carboxylic acids is 1. The van der Waals surface area contributed by atoms with E-state index in [1.807, 2.05) is 23.6 Å². The molecule has 0 aliphatic rings. The van der Waals surface area contributed by atoms with E-state index in [1.54, 1.807) is 23.5 Å². The van der Waals surface area contributed by atoms with Gasteiger partial charge >= 0.3 is 6.18 Å². The fraction of sp³-hybridized carbons (Fsp3) is 0.0909. The van der Waals surface area contributed by atoms with Crippen molar-refractivity contribution >= 4 is 51.4 Å². The first kappa shape index (κ1) is 23.7. The van der Waals surface area contributed by atoms with E-state index in [4.69, 9.17) is 11.6 Å². The number of rotatable bonds is 6. The first-order valence-corrected chi connectivity index (χ1v) is 11.6. The smallest absolute Gasteiger partial charge is 0.316 e. The van der Waals surface area contributed by atoms with Gasteiger partial charge in [-0.15, -0.1) is 21.5 Å². The Morgan fingerprint density at radius 2 is 2.06 bits per heavy atom. The normalized spacial score (nSPS) is 11.9. The van der Waals surface area contributed by atoms with Crippen LogP contribution in [-0.4, -0.2) is 20.7 Å². The van der Waals surface area contributed by atoms with Gasteiger partial charge in [0.15, 0.2) is 0 Å². The lowest BCUT2D eigenvalue weighted by Gasteiger charge is -2.13. The maximum Gasteiger partial charge on any atom is 0.416 e. The molecule has 0 atom stereocenters. The molecule has 0 fully saturated rings. The van der Waals surface area contributed by atoms with Gasteiger partial charge < -0.3 is 4.57 Å². The Balaban J connectivity index is 1.57. The zero-order chi connectivity index (χ0) is 24.3. The van der Waals surface area contributed by atoms with Gasteiger partial charge in [0.1, 0.15) is 16.6 Å². The summed E-state index contributed by atoms with van der Waals surface area (Å²) < 4.78 is 40.8. The van der Waals surface area contributed by atoms with Crippen molar-refractivity contribution < 1.29 is 18.0 Å². The van der Waals surface area contributed by atoms with Gasteiger partial charge in [-0.3, -0.25) is 10.1 Å². The summed E-state index contributed by atoms with van der Waals surface area (Å²) in [4.78, 5) is 13.7. The van der Waals surface area contributed by atoms with Crippen LogP contribution in [0.2, 0.25) is 5.02 Å². The number of hydrogen-bond acceptors (Lipinski definition) is 6. The molecule has 0 aliphatic heterocycles. The van der Waals surface area contributed by atoms with Crippen LogP contribution in [0.3, 0.4) is 0 Å². The molecule has 3 heterocycles. The zero-order valence-electron chi connectivity index (χ0n) is 17.0.